The Morgan fingerprint density at radius 2 is 2.00 bits per heavy atom. The Balaban J connectivity index is 1.24. The summed E-state index contributed by atoms with van der Waals surface area (Å²) in [6, 6.07) is 6.29. The molecule has 0 saturated carbocycles. The Morgan fingerprint density at radius 1 is 1.22 bits per heavy atom. The lowest BCUT2D eigenvalue weighted by molar-refractivity contribution is -0.142. The number of nitrogens with one attached hydrogen (secondary N) is 1. The maximum atomic E-state index is 13.0. The molecule has 1 atom stereocenters. The van der Waals surface area contributed by atoms with Gasteiger partial charge in [0.05, 0.1) is 6.54 Å². The summed E-state index contributed by atoms with van der Waals surface area (Å²) in [4.78, 5) is 18.6. The number of likely N-dealkylation sites (tertiary alicyclic amines) is 1. The van der Waals surface area contributed by atoms with Gasteiger partial charge in [-0.2, -0.15) is 4.98 Å². The molecule has 1 N–H and O–H groups in total. The number of carbonyl (C=O) groups is 1. The van der Waals surface area contributed by atoms with Crippen LogP contribution in [0.2, 0.25) is 0 Å². The van der Waals surface area contributed by atoms with Crippen molar-refractivity contribution in [2.45, 2.75) is 44.4 Å². The molecule has 27 heavy (non-hydrogen) atoms. The normalized spacial score (nSPS) is 20.9. The smallest absolute Gasteiger partial charge is 0.251 e. The Labute approximate surface area is 156 Å². The van der Waals surface area contributed by atoms with Crippen LogP contribution in [0, 0.1) is 5.82 Å². The number of aromatic nitrogens is 2. The second-order valence-corrected chi connectivity index (χ2v) is 7.00. The summed E-state index contributed by atoms with van der Waals surface area (Å²) in [5.74, 6) is 0.774. The fourth-order valence-corrected chi connectivity index (χ4v) is 3.55. The third-order valence-corrected chi connectivity index (χ3v) is 5.12. The zero-order chi connectivity index (χ0) is 18.6. The zero-order valence-electron chi connectivity index (χ0n) is 15.1. The lowest BCUT2D eigenvalue weighted by Gasteiger charge is -2.33. The largest absolute Gasteiger partial charge is 0.368 e. The molecule has 0 spiro atoms. The molecule has 0 aliphatic carbocycles. The summed E-state index contributed by atoms with van der Waals surface area (Å²) in [7, 11) is 0. The lowest BCUT2D eigenvalue weighted by atomic mass is 10.0. The summed E-state index contributed by atoms with van der Waals surface area (Å²) in [6.45, 7) is 2.64. The Hall–Kier alpha value is -2.32. The highest BCUT2D eigenvalue weighted by molar-refractivity contribution is 5.81. The van der Waals surface area contributed by atoms with Gasteiger partial charge >= 0.3 is 0 Å². The topological polar surface area (TPSA) is 80.5 Å². The average Bonchev–Trinajstić information content (AvgIpc) is 3.39. The Kier molecular flexibility index (Phi) is 5.45. The quantitative estimate of drug-likeness (QED) is 0.864. The first-order chi connectivity index (χ1) is 13.2. The molecule has 2 fully saturated rings. The van der Waals surface area contributed by atoms with Crippen molar-refractivity contribution in [1.29, 1.82) is 0 Å². The van der Waals surface area contributed by atoms with Gasteiger partial charge in [0, 0.05) is 31.3 Å². The van der Waals surface area contributed by atoms with E-state index in [9.17, 15) is 9.18 Å². The maximum Gasteiger partial charge on any atom is 0.251 e. The van der Waals surface area contributed by atoms with Gasteiger partial charge in [0.1, 0.15) is 11.9 Å². The summed E-state index contributed by atoms with van der Waals surface area (Å²) in [6.07, 6.45) is 3.34. The third kappa shape index (κ3) is 4.33. The molecule has 1 amide bonds. The monoisotopic (exact) mass is 374 g/mol. The third-order valence-electron chi connectivity index (χ3n) is 5.12. The molecule has 1 aromatic carbocycles. The van der Waals surface area contributed by atoms with Crippen molar-refractivity contribution in [3.8, 4) is 11.4 Å². The molecule has 0 bridgehead atoms. The van der Waals surface area contributed by atoms with Crippen LogP contribution in [0.5, 0.6) is 0 Å². The van der Waals surface area contributed by atoms with Crippen LogP contribution in [0.3, 0.4) is 0 Å². The van der Waals surface area contributed by atoms with Crippen molar-refractivity contribution >= 4 is 5.91 Å². The fourth-order valence-electron chi connectivity index (χ4n) is 3.55. The molecule has 144 valence electrons. The minimum atomic E-state index is -0.298. The predicted molar refractivity (Wildman–Crippen MR) is 95.1 cm³/mol. The van der Waals surface area contributed by atoms with Crippen molar-refractivity contribution in [3.63, 3.8) is 0 Å². The van der Waals surface area contributed by atoms with E-state index in [0.29, 0.717) is 36.5 Å². The summed E-state index contributed by atoms with van der Waals surface area (Å²) < 4.78 is 23.8. The van der Waals surface area contributed by atoms with Crippen LogP contribution in [0.25, 0.3) is 11.4 Å². The van der Waals surface area contributed by atoms with Crippen molar-refractivity contribution in [1.82, 2.24) is 20.4 Å². The number of carbonyl (C=O) groups excluding carboxylic acids is 1. The van der Waals surface area contributed by atoms with Crippen LogP contribution in [0.4, 0.5) is 4.39 Å². The molecule has 0 radical (unpaired) electrons. The first-order valence-corrected chi connectivity index (χ1v) is 9.41. The fraction of sp³-hybridized carbons (Fsp3) is 0.526. The van der Waals surface area contributed by atoms with E-state index >= 15 is 0 Å². The molecule has 2 aliphatic rings. The van der Waals surface area contributed by atoms with Gasteiger partial charge in [0.15, 0.2) is 0 Å². The molecule has 8 heteroatoms. The molecule has 3 heterocycles. The Morgan fingerprint density at radius 3 is 2.70 bits per heavy atom. The van der Waals surface area contributed by atoms with Gasteiger partial charge in [0.2, 0.25) is 11.7 Å². The van der Waals surface area contributed by atoms with Crippen LogP contribution < -0.4 is 5.32 Å². The second-order valence-electron chi connectivity index (χ2n) is 7.00. The molecule has 2 aliphatic heterocycles. The number of nitrogens with zero attached hydrogens (tertiary/aromatic N) is 3. The van der Waals surface area contributed by atoms with Gasteiger partial charge in [-0.25, -0.2) is 4.39 Å². The highest BCUT2D eigenvalue weighted by Crippen LogP contribution is 2.19. The average molecular weight is 374 g/mol. The molecule has 2 saturated heterocycles. The maximum absolute atomic E-state index is 13.0. The van der Waals surface area contributed by atoms with Gasteiger partial charge < -0.3 is 19.5 Å². The molecule has 2 aromatic rings. The van der Waals surface area contributed by atoms with Crippen LogP contribution in [-0.4, -0.2) is 52.8 Å². The van der Waals surface area contributed by atoms with E-state index in [2.05, 4.69) is 15.5 Å². The van der Waals surface area contributed by atoms with Gasteiger partial charge in [-0.3, -0.25) is 4.79 Å². The van der Waals surface area contributed by atoms with Gasteiger partial charge in [-0.05, 0) is 49.9 Å². The molecule has 1 aromatic heterocycles. The highest BCUT2D eigenvalue weighted by Gasteiger charge is 2.30. The molecule has 4 rings (SSSR count). The summed E-state index contributed by atoms with van der Waals surface area (Å²) in [5, 5.41) is 7.36. The Bertz CT molecular complexity index is 766. The van der Waals surface area contributed by atoms with Gasteiger partial charge in [0.25, 0.3) is 5.91 Å². The number of amides is 1. The number of ether oxygens (including phenoxy) is 1. The summed E-state index contributed by atoms with van der Waals surface area (Å²) in [5.41, 5.74) is 0.715. The molecule has 7 nitrogen and oxygen atoms in total. The minimum Gasteiger partial charge on any atom is -0.368 e. The molecular weight excluding hydrogens is 351 g/mol. The number of halogens is 1. The first-order valence-electron chi connectivity index (χ1n) is 9.41. The lowest BCUT2D eigenvalue weighted by Crippen LogP contribution is -2.47. The van der Waals surface area contributed by atoms with E-state index < -0.39 is 0 Å². The number of benzene rings is 1. The number of hydrogen-bond donors (Lipinski definition) is 1. The van der Waals surface area contributed by atoms with Gasteiger partial charge in [-0.1, -0.05) is 5.16 Å². The van der Waals surface area contributed by atoms with Crippen molar-refractivity contribution in [2.75, 3.05) is 19.7 Å². The van der Waals surface area contributed by atoms with E-state index in [0.717, 1.165) is 38.8 Å². The van der Waals surface area contributed by atoms with E-state index in [4.69, 9.17) is 9.26 Å². The zero-order valence-corrected chi connectivity index (χ0v) is 15.1. The highest BCUT2D eigenvalue weighted by atomic mass is 19.1. The number of piperidine rings is 1. The van der Waals surface area contributed by atoms with Crippen LogP contribution in [0.15, 0.2) is 28.8 Å². The molecular formula is C19H23FN4O3. The van der Waals surface area contributed by atoms with Crippen molar-refractivity contribution in [3.05, 3.63) is 36.0 Å². The summed E-state index contributed by atoms with van der Waals surface area (Å²) >= 11 is 0. The van der Waals surface area contributed by atoms with Gasteiger partial charge in [-0.15, -0.1) is 0 Å². The SMILES string of the molecule is O=C([C@@H]1CCCO1)N1CCC(NCc2nc(-c3ccc(F)cc3)no2)CC1. The second kappa shape index (κ2) is 8.14. The van der Waals surface area contributed by atoms with Crippen LogP contribution in [-0.2, 0) is 16.1 Å². The van der Waals surface area contributed by atoms with E-state index in [1.807, 2.05) is 4.90 Å². The van der Waals surface area contributed by atoms with Crippen molar-refractivity contribution < 1.29 is 18.4 Å². The van der Waals surface area contributed by atoms with E-state index in [1.54, 1.807) is 12.1 Å². The van der Waals surface area contributed by atoms with Crippen molar-refractivity contribution in [2.24, 2.45) is 0 Å². The van der Waals surface area contributed by atoms with E-state index in [1.165, 1.54) is 12.1 Å². The standard InChI is InChI=1S/C19H23FN4O3/c20-14-5-3-13(4-6-14)18-22-17(27-23-18)12-21-15-7-9-24(10-8-15)19(25)16-2-1-11-26-16/h3-6,15-16,21H,1-2,7-12H2/t16-/m0/s1. The predicted octanol–water partition coefficient (Wildman–Crippen LogP) is 2.14. The number of hydrogen-bond acceptors (Lipinski definition) is 6. The van der Waals surface area contributed by atoms with Crippen LogP contribution in [0.1, 0.15) is 31.6 Å². The minimum absolute atomic E-state index is 0.131. The van der Waals surface area contributed by atoms with E-state index in [-0.39, 0.29) is 17.8 Å². The first kappa shape index (κ1) is 18.1. The number of rotatable bonds is 5. The molecule has 0 unspecified atom stereocenters. The van der Waals surface area contributed by atoms with Crippen LogP contribution >= 0.6 is 0 Å².